The number of hydrogen-bond donors (Lipinski definition) is 2. The van der Waals surface area contributed by atoms with E-state index in [-0.39, 0.29) is 13.0 Å². The van der Waals surface area contributed by atoms with Crippen LogP contribution in [-0.4, -0.2) is 53.9 Å². The van der Waals surface area contributed by atoms with Crippen molar-refractivity contribution in [3.8, 4) is 0 Å². The Labute approximate surface area is 156 Å². The second-order valence-corrected chi connectivity index (χ2v) is 8.95. The molecule has 2 amide bonds. The number of phosphoric ester groups is 1. The summed E-state index contributed by atoms with van der Waals surface area (Å²) in [7, 11) is -3.68. The minimum atomic E-state index is -3.68. The lowest BCUT2D eigenvalue weighted by atomic mass is 9.90. The van der Waals surface area contributed by atoms with Crippen molar-refractivity contribution in [1.82, 2.24) is 10.2 Å². The number of aliphatic hydroxyl groups is 1. The fraction of sp³-hybridized carbons (Fsp3) is 0.812. The van der Waals surface area contributed by atoms with Crippen molar-refractivity contribution < 1.29 is 37.2 Å². The lowest BCUT2D eigenvalue weighted by molar-refractivity contribution is -0.0794. The number of nitrogens with one attached hydrogen (secondary N) is 1. The predicted molar refractivity (Wildman–Crippen MR) is 89.8 cm³/mol. The molecule has 3 heterocycles. The van der Waals surface area contributed by atoms with Gasteiger partial charge in [0.25, 0.3) is 0 Å². The average Bonchev–Trinajstić information content (AvgIpc) is 3.06. The number of carbonyl (C=O) groups is 1. The van der Waals surface area contributed by atoms with Crippen LogP contribution < -0.4 is 5.32 Å². The highest BCUT2D eigenvalue weighted by molar-refractivity contribution is 7.48. The third-order valence-electron chi connectivity index (χ3n) is 5.36. The number of aliphatic hydroxyl groups excluding tert-OH is 1. The summed E-state index contributed by atoms with van der Waals surface area (Å²) in [6.45, 7) is 0.340. The first kappa shape index (κ1) is 19.3. The number of fused-ring (bicyclic) bond motifs is 1. The molecule has 11 heteroatoms. The van der Waals surface area contributed by atoms with Crippen LogP contribution in [-0.2, 0) is 22.9 Å². The van der Waals surface area contributed by atoms with Crippen LogP contribution in [0.1, 0.15) is 38.5 Å². The fourth-order valence-electron chi connectivity index (χ4n) is 3.85. The van der Waals surface area contributed by atoms with Gasteiger partial charge < -0.3 is 15.2 Å². The van der Waals surface area contributed by atoms with Crippen molar-refractivity contribution in [3.63, 3.8) is 0 Å². The zero-order chi connectivity index (χ0) is 19.0. The Morgan fingerprint density at radius 3 is 2.89 bits per heavy atom. The van der Waals surface area contributed by atoms with Crippen LogP contribution in [0.4, 0.5) is 9.18 Å². The smallest absolute Gasteiger partial charge is 0.367 e. The quantitative estimate of drug-likeness (QED) is 0.691. The van der Waals surface area contributed by atoms with Crippen molar-refractivity contribution in [2.24, 2.45) is 5.92 Å². The van der Waals surface area contributed by atoms with Gasteiger partial charge >= 0.3 is 13.9 Å². The number of urea groups is 1. The van der Waals surface area contributed by atoms with E-state index >= 15 is 0 Å². The molecule has 0 aromatic rings. The summed E-state index contributed by atoms with van der Waals surface area (Å²) in [6.07, 6.45) is 3.11. The van der Waals surface area contributed by atoms with Gasteiger partial charge in [-0.3, -0.25) is 18.5 Å². The van der Waals surface area contributed by atoms with Crippen molar-refractivity contribution in [2.75, 3.05) is 13.2 Å². The second kappa shape index (κ2) is 7.77. The van der Waals surface area contributed by atoms with Gasteiger partial charge in [0.15, 0.2) is 12.1 Å². The molecule has 27 heavy (non-hydrogen) atoms. The lowest BCUT2D eigenvalue weighted by Crippen LogP contribution is -2.51. The maximum absolute atomic E-state index is 13.6. The highest BCUT2D eigenvalue weighted by Gasteiger charge is 2.49. The first-order valence-electron chi connectivity index (χ1n) is 9.30. The van der Waals surface area contributed by atoms with Crippen LogP contribution >= 0.6 is 7.82 Å². The van der Waals surface area contributed by atoms with Crippen molar-refractivity contribution in [1.29, 1.82) is 0 Å². The number of rotatable bonds is 4. The number of nitrogens with zero attached hydrogens (tertiary/aromatic N) is 1. The summed E-state index contributed by atoms with van der Waals surface area (Å²) in [5, 5.41) is 11.4. The van der Waals surface area contributed by atoms with E-state index in [1.165, 1.54) is 6.42 Å². The summed E-state index contributed by atoms with van der Waals surface area (Å²) in [5.41, 5.74) is 0. The van der Waals surface area contributed by atoms with Crippen LogP contribution in [0, 0.1) is 5.92 Å². The molecule has 9 nitrogen and oxygen atoms in total. The normalized spacial score (nSPS) is 40.4. The Morgan fingerprint density at radius 1 is 1.33 bits per heavy atom. The van der Waals surface area contributed by atoms with E-state index < -0.39 is 44.3 Å². The third-order valence-corrected chi connectivity index (χ3v) is 6.82. The van der Waals surface area contributed by atoms with Gasteiger partial charge in [-0.05, 0) is 18.8 Å². The zero-order valence-corrected chi connectivity index (χ0v) is 15.7. The summed E-state index contributed by atoms with van der Waals surface area (Å²) >= 11 is 0. The van der Waals surface area contributed by atoms with Crippen LogP contribution in [0.2, 0.25) is 0 Å². The summed E-state index contributed by atoms with van der Waals surface area (Å²) < 4.78 is 48.4. The minimum absolute atomic E-state index is 0.00733. The van der Waals surface area contributed by atoms with Gasteiger partial charge in [-0.2, -0.15) is 0 Å². The van der Waals surface area contributed by atoms with E-state index in [0.29, 0.717) is 12.5 Å². The standard InChI is InChI=1S/C16H24FN2O7P/c17-11-7-19(16(21)18-15(11)20)14-6-12-13(25-14)9-24-27(22,26-12)23-8-10-4-2-1-3-5-10/h7,10,12-15,20H,1-6,8-9H2,(H,18,21)/t12-,13+,14+,15?,27?/m0/s1. The Morgan fingerprint density at radius 2 is 2.11 bits per heavy atom. The van der Waals surface area contributed by atoms with Gasteiger partial charge in [-0.15, -0.1) is 0 Å². The van der Waals surface area contributed by atoms with E-state index in [4.69, 9.17) is 18.3 Å². The molecule has 0 spiro atoms. The summed E-state index contributed by atoms with van der Waals surface area (Å²) in [6, 6.07) is -0.690. The van der Waals surface area contributed by atoms with Gasteiger partial charge in [-0.1, -0.05) is 19.3 Å². The van der Waals surface area contributed by atoms with Crippen LogP contribution in [0.15, 0.2) is 12.0 Å². The van der Waals surface area contributed by atoms with E-state index in [9.17, 15) is 18.9 Å². The van der Waals surface area contributed by atoms with E-state index in [1.54, 1.807) is 0 Å². The van der Waals surface area contributed by atoms with Crippen LogP contribution in [0.3, 0.4) is 0 Å². The fourth-order valence-corrected chi connectivity index (χ4v) is 5.32. The molecular weight excluding hydrogens is 382 g/mol. The SMILES string of the molecule is O=C1NC(O)C(F)=CN1[C@H]1C[C@@H]2OP(=O)(OCC3CCCCC3)OC[C@H]2O1. The third kappa shape index (κ3) is 4.21. The van der Waals surface area contributed by atoms with Crippen molar-refractivity contribution >= 4 is 13.9 Å². The maximum Gasteiger partial charge on any atom is 0.475 e. The molecule has 2 saturated heterocycles. The molecule has 4 rings (SSSR count). The van der Waals surface area contributed by atoms with Gasteiger partial charge in [0, 0.05) is 12.6 Å². The monoisotopic (exact) mass is 406 g/mol. The molecular formula is C16H24FN2O7P. The highest BCUT2D eigenvalue weighted by atomic mass is 31.2. The summed E-state index contributed by atoms with van der Waals surface area (Å²) in [5.74, 6) is -0.537. The Bertz CT molecular complexity index is 657. The van der Waals surface area contributed by atoms with Gasteiger partial charge in [-0.25, -0.2) is 13.8 Å². The molecule has 152 valence electrons. The number of hydrogen-bond acceptors (Lipinski definition) is 7. The molecule has 3 fully saturated rings. The lowest BCUT2D eigenvalue weighted by Gasteiger charge is -2.31. The molecule has 4 aliphatic rings. The van der Waals surface area contributed by atoms with Gasteiger partial charge in [0.2, 0.25) is 0 Å². The number of amides is 2. The Balaban J connectivity index is 1.35. The molecule has 0 aromatic heterocycles. The molecule has 2 N–H and O–H groups in total. The number of phosphoric acid groups is 1. The topological polar surface area (TPSA) is 107 Å². The van der Waals surface area contributed by atoms with Gasteiger partial charge in [0.1, 0.15) is 18.4 Å². The maximum atomic E-state index is 13.6. The highest BCUT2D eigenvalue weighted by Crippen LogP contribution is 2.56. The molecule has 3 aliphatic heterocycles. The molecule has 1 aliphatic carbocycles. The first-order valence-corrected chi connectivity index (χ1v) is 10.8. The number of ether oxygens (including phenoxy) is 1. The van der Waals surface area contributed by atoms with E-state index in [0.717, 1.165) is 36.8 Å². The largest absolute Gasteiger partial charge is 0.475 e. The van der Waals surface area contributed by atoms with Gasteiger partial charge in [0.05, 0.1) is 13.2 Å². The summed E-state index contributed by atoms with van der Waals surface area (Å²) in [4.78, 5) is 13.0. The van der Waals surface area contributed by atoms with E-state index in [2.05, 4.69) is 5.32 Å². The van der Waals surface area contributed by atoms with Crippen LogP contribution in [0.25, 0.3) is 0 Å². The molecule has 0 radical (unpaired) electrons. The number of carbonyl (C=O) groups excluding carboxylic acids is 1. The van der Waals surface area contributed by atoms with Crippen LogP contribution in [0.5, 0.6) is 0 Å². The Hall–Kier alpha value is -1.03. The van der Waals surface area contributed by atoms with E-state index in [1.807, 2.05) is 0 Å². The van der Waals surface area contributed by atoms with Crippen molar-refractivity contribution in [2.45, 2.75) is 63.2 Å². The average molecular weight is 406 g/mol. The molecule has 1 saturated carbocycles. The zero-order valence-electron chi connectivity index (χ0n) is 14.8. The molecule has 2 unspecified atom stereocenters. The predicted octanol–water partition coefficient (Wildman–Crippen LogP) is 2.38. The minimum Gasteiger partial charge on any atom is -0.367 e. The molecule has 5 atom stereocenters. The van der Waals surface area contributed by atoms with Crippen molar-refractivity contribution in [3.05, 3.63) is 12.0 Å². The Kier molecular flexibility index (Phi) is 5.55. The number of halogens is 1. The second-order valence-electron chi connectivity index (χ2n) is 7.32. The first-order chi connectivity index (χ1) is 12.9. The molecule has 0 bridgehead atoms. The molecule has 0 aromatic carbocycles.